The van der Waals surface area contributed by atoms with Crippen LogP contribution in [0.1, 0.15) is 42.6 Å². The van der Waals surface area contributed by atoms with Crippen LogP contribution in [0.15, 0.2) is 52.1 Å². The van der Waals surface area contributed by atoms with Gasteiger partial charge in [-0.2, -0.15) is 13.2 Å². The highest BCUT2D eigenvalue weighted by atomic mass is 19.4. The summed E-state index contributed by atoms with van der Waals surface area (Å²) in [6, 6.07) is 8.91. The number of aliphatic hydroxyl groups excluding tert-OH is 1. The minimum Gasteiger partial charge on any atom is -0.469 e. The van der Waals surface area contributed by atoms with E-state index in [4.69, 9.17) is 9.52 Å². The third kappa shape index (κ3) is 9.04. The van der Waals surface area contributed by atoms with Crippen LogP contribution in [0.5, 0.6) is 0 Å². The molecule has 29 heavy (non-hydrogen) atoms. The lowest BCUT2D eigenvalue weighted by Gasteiger charge is -2.13. The molecule has 0 aliphatic carbocycles. The van der Waals surface area contributed by atoms with Gasteiger partial charge >= 0.3 is 6.18 Å². The molecule has 0 atom stereocenters. The second-order valence-corrected chi connectivity index (χ2v) is 6.68. The van der Waals surface area contributed by atoms with Crippen molar-refractivity contribution in [1.29, 1.82) is 0 Å². The Hall–Kier alpha value is -2.48. The summed E-state index contributed by atoms with van der Waals surface area (Å²) in [7, 11) is 0. The highest BCUT2D eigenvalue weighted by Crippen LogP contribution is 2.29. The Morgan fingerprint density at radius 2 is 1.79 bits per heavy atom. The van der Waals surface area contributed by atoms with Crippen molar-refractivity contribution in [2.75, 3.05) is 19.7 Å². The molecule has 0 saturated heterocycles. The molecule has 0 bridgehead atoms. The summed E-state index contributed by atoms with van der Waals surface area (Å²) in [6.45, 7) is 1.63. The lowest BCUT2D eigenvalue weighted by molar-refractivity contribution is -0.137. The van der Waals surface area contributed by atoms with E-state index >= 15 is 0 Å². The van der Waals surface area contributed by atoms with E-state index in [1.54, 1.807) is 12.3 Å². The number of furan rings is 1. The van der Waals surface area contributed by atoms with E-state index in [0.29, 0.717) is 31.0 Å². The van der Waals surface area contributed by atoms with Crippen LogP contribution in [0.25, 0.3) is 0 Å². The summed E-state index contributed by atoms with van der Waals surface area (Å²) in [5.74, 6) is 1.40. The Bertz CT molecular complexity index is 731. The fourth-order valence-corrected chi connectivity index (χ4v) is 2.75. The van der Waals surface area contributed by atoms with Gasteiger partial charge in [-0.3, -0.25) is 0 Å². The summed E-state index contributed by atoms with van der Waals surface area (Å²) in [4.78, 5) is 4.43. The smallest absolute Gasteiger partial charge is 0.416 e. The maximum Gasteiger partial charge on any atom is 0.416 e. The van der Waals surface area contributed by atoms with Crippen LogP contribution >= 0.6 is 0 Å². The number of hydrogen-bond donors (Lipinski definition) is 3. The van der Waals surface area contributed by atoms with Gasteiger partial charge in [0.25, 0.3) is 0 Å². The Kier molecular flexibility index (Phi) is 9.56. The summed E-state index contributed by atoms with van der Waals surface area (Å²) in [6.07, 6.45) is 1.58. The third-order valence-corrected chi connectivity index (χ3v) is 4.30. The molecule has 1 aromatic carbocycles. The van der Waals surface area contributed by atoms with Gasteiger partial charge in [-0.15, -0.1) is 0 Å². The van der Waals surface area contributed by atoms with Crippen LogP contribution in [0.4, 0.5) is 13.2 Å². The number of aliphatic hydroxyl groups is 1. The molecule has 2 aromatic rings. The van der Waals surface area contributed by atoms with Crippen molar-refractivity contribution in [3.63, 3.8) is 0 Å². The summed E-state index contributed by atoms with van der Waals surface area (Å²) >= 11 is 0. The number of halogens is 3. The molecular formula is C21H28F3N3O2. The number of benzene rings is 1. The molecule has 0 spiro atoms. The number of alkyl halides is 3. The van der Waals surface area contributed by atoms with Gasteiger partial charge in [0.15, 0.2) is 5.96 Å². The maximum atomic E-state index is 12.9. The summed E-state index contributed by atoms with van der Waals surface area (Å²) < 4.78 is 43.9. The monoisotopic (exact) mass is 411 g/mol. The van der Waals surface area contributed by atoms with Crippen molar-refractivity contribution in [2.24, 2.45) is 4.99 Å². The molecule has 0 amide bonds. The normalized spacial score (nSPS) is 12.2. The SMILES string of the molecule is OCCCCCCNC(=NCc1cccc(C(F)(F)F)c1)NCCc1ccco1. The average Bonchev–Trinajstić information content (AvgIpc) is 3.21. The lowest BCUT2D eigenvalue weighted by Crippen LogP contribution is -2.39. The molecule has 0 saturated carbocycles. The molecule has 2 rings (SSSR count). The lowest BCUT2D eigenvalue weighted by atomic mass is 10.1. The van der Waals surface area contributed by atoms with Crippen LogP contribution in [-0.2, 0) is 19.1 Å². The van der Waals surface area contributed by atoms with Crippen molar-refractivity contribution in [2.45, 2.75) is 44.8 Å². The minimum absolute atomic E-state index is 0.143. The predicted octanol–water partition coefficient (Wildman–Crippen LogP) is 4.13. The van der Waals surface area contributed by atoms with Crippen LogP contribution in [0.2, 0.25) is 0 Å². The zero-order chi connectivity index (χ0) is 21.0. The highest BCUT2D eigenvalue weighted by Gasteiger charge is 2.30. The van der Waals surface area contributed by atoms with E-state index in [2.05, 4.69) is 15.6 Å². The molecule has 0 aliphatic rings. The number of hydrogen-bond acceptors (Lipinski definition) is 3. The fourth-order valence-electron chi connectivity index (χ4n) is 2.75. The molecule has 8 heteroatoms. The quantitative estimate of drug-likeness (QED) is 0.295. The molecule has 0 unspecified atom stereocenters. The number of nitrogens with zero attached hydrogens (tertiary/aromatic N) is 1. The van der Waals surface area contributed by atoms with Crippen molar-refractivity contribution in [3.8, 4) is 0 Å². The first-order valence-electron chi connectivity index (χ1n) is 9.80. The second-order valence-electron chi connectivity index (χ2n) is 6.68. The van der Waals surface area contributed by atoms with Crippen molar-refractivity contribution >= 4 is 5.96 Å². The number of aliphatic imine (C=N–C) groups is 1. The van der Waals surface area contributed by atoms with Crippen LogP contribution in [0, 0.1) is 0 Å². The van der Waals surface area contributed by atoms with Gasteiger partial charge in [0, 0.05) is 26.1 Å². The molecule has 0 aliphatic heterocycles. The van der Waals surface area contributed by atoms with Crippen LogP contribution in [0.3, 0.4) is 0 Å². The highest BCUT2D eigenvalue weighted by molar-refractivity contribution is 5.79. The second kappa shape index (κ2) is 12.2. The predicted molar refractivity (Wildman–Crippen MR) is 107 cm³/mol. The van der Waals surface area contributed by atoms with Gasteiger partial charge in [-0.25, -0.2) is 4.99 Å². The van der Waals surface area contributed by atoms with Crippen molar-refractivity contribution in [1.82, 2.24) is 10.6 Å². The van der Waals surface area contributed by atoms with E-state index in [0.717, 1.165) is 43.6 Å². The Labute approximate surface area is 169 Å². The first-order valence-corrected chi connectivity index (χ1v) is 9.80. The van der Waals surface area contributed by atoms with Gasteiger partial charge in [0.1, 0.15) is 5.76 Å². The van der Waals surface area contributed by atoms with E-state index in [1.165, 1.54) is 6.07 Å². The molecule has 0 fully saturated rings. The van der Waals surface area contributed by atoms with Crippen molar-refractivity contribution in [3.05, 3.63) is 59.5 Å². The number of unbranched alkanes of at least 4 members (excludes halogenated alkanes) is 3. The Morgan fingerprint density at radius 3 is 2.52 bits per heavy atom. The fraction of sp³-hybridized carbons (Fsp3) is 0.476. The van der Waals surface area contributed by atoms with Crippen molar-refractivity contribution < 1.29 is 22.7 Å². The molecule has 1 aromatic heterocycles. The van der Waals surface area contributed by atoms with Gasteiger partial charge < -0.3 is 20.2 Å². The van der Waals surface area contributed by atoms with E-state index in [-0.39, 0.29) is 13.2 Å². The largest absolute Gasteiger partial charge is 0.469 e. The molecule has 5 nitrogen and oxygen atoms in total. The van der Waals surface area contributed by atoms with Crippen LogP contribution < -0.4 is 10.6 Å². The molecule has 160 valence electrons. The van der Waals surface area contributed by atoms with Gasteiger partial charge in [0.2, 0.25) is 0 Å². The zero-order valence-corrected chi connectivity index (χ0v) is 16.3. The van der Waals surface area contributed by atoms with E-state index < -0.39 is 11.7 Å². The standard InChI is InChI=1S/C21H28F3N3O2/c22-21(23,24)18-8-5-7-17(15-18)16-27-20(25-11-3-1-2-4-13-28)26-12-10-19-9-6-14-29-19/h5-9,14-15,28H,1-4,10-13,16H2,(H2,25,26,27). The Balaban J connectivity index is 1.91. The van der Waals surface area contributed by atoms with Gasteiger partial charge in [-0.1, -0.05) is 25.0 Å². The van der Waals surface area contributed by atoms with Gasteiger partial charge in [0.05, 0.1) is 18.4 Å². The summed E-state index contributed by atoms with van der Waals surface area (Å²) in [5.41, 5.74) is -0.177. The topological polar surface area (TPSA) is 69.8 Å². The molecule has 0 radical (unpaired) electrons. The number of rotatable bonds is 11. The third-order valence-electron chi connectivity index (χ3n) is 4.30. The molecule has 1 heterocycles. The van der Waals surface area contributed by atoms with Crippen LogP contribution in [-0.4, -0.2) is 30.8 Å². The average molecular weight is 411 g/mol. The first-order chi connectivity index (χ1) is 14.0. The minimum atomic E-state index is -4.36. The number of nitrogens with one attached hydrogen (secondary N) is 2. The van der Waals surface area contributed by atoms with E-state index in [1.807, 2.05) is 12.1 Å². The summed E-state index contributed by atoms with van der Waals surface area (Å²) in [5, 5.41) is 15.2. The van der Waals surface area contributed by atoms with Gasteiger partial charge in [-0.05, 0) is 42.7 Å². The molecular weight excluding hydrogens is 383 g/mol. The first kappa shape index (κ1) is 22.8. The maximum absolute atomic E-state index is 12.9. The number of guanidine groups is 1. The Morgan fingerprint density at radius 1 is 1.00 bits per heavy atom. The molecule has 3 N–H and O–H groups in total. The van der Waals surface area contributed by atoms with E-state index in [9.17, 15) is 13.2 Å². The zero-order valence-electron chi connectivity index (χ0n) is 16.3.